The molecule has 1 aromatic rings. The maximum Gasteiger partial charge on any atom is 0.165 e. The van der Waals surface area contributed by atoms with E-state index < -0.39 is 0 Å². The van der Waals surface area contributed by atoms with Crippen molar-refractivity contribution in [1.82, 2.24) is 0 Å². The molecule has 4 aliphatic rings. The standard InChI is InChI=1S/C26H31ClO2/c1-25-11-9-19(28)15-18(25)7-8-20-21(25)10-12-26(2)22(20)14-17(24(26)29)13-16-5-3-4-6-23(16)27/h3-7,13,19-22,28H,8-12,14-15H2,1-2H3/b17-13+/t19-,20+,21-,22-,25+,26+/m1/s1. The molecule has 4 aliphatic carbocycles. The van der Waals surface area contributed by atoms with Crippen molar-refractivity contribution in [2.75, 3.05) is 0 Å². The van der Waals surface area contributed by atoms with Crippen molar-refractivity contribution >= 4 is 23.5 Å². The van der Waals surface area contributed by atoms with Crippen LogP contribution in [0.3, 0.4) is 0 Å². The summed E-state index contributed by atoms with van der Waals surface area (Å²) < 4.78 is 0. The Labute approximate surface area is 179 Å². The van der Waals surface area contributed by atoms with Crippen molar-refractivity contribution in [2.24, 2.45) is 28.6 Å². The zero-order valence-corrected chi connectivity index (χ0v) is 18.2. The molecule has 0 amide bonds. The molecule has 0 unspecified atom stereocenters. The minimum Gasteiger partial charge on any atom is -0.393 e. The fraction of sp³-hybridized carbons (Fsp3) is 0.577. The van der Waals surface area contributed by atoms with Gasteiger partial charge in [-0.25, -0.2) is 0 Å². The summed E-state index contributed by atoms with van der Waals surface area (Å²) in [4.78, 5) is 13.5. The summed E-state index contributed by atoms with van der Waals surface area (Å²) >= 11 is 6.37. The Morgan fingerprint density at radius 1 is 1.07 bits per heavy atom. The van der Waals surface area contributed by atoms with Crippen LogP contribution in [0.15, 0.2) is 41.5 Å². The van der Waals surface area contributed by atoms with E-state index in [-0.39, 0.29) is 16.9 Å². The molecular weight excluding hydrogens is 380 g/mol. The normalized spacial score (nSPS) is 42.8. The highest BCUT2D eigenvalue weighted by molar-refractivity contribution is 6.32. The third kappa shape index (κ3) is 2.90. The molecule has 5 rings (SSSR count). The van der Waals surface area contributed by atoms with E-state index in [1.807, 2.05) is 30.3 Å². The first-order valence-electron chi connectivity index (χ1n) is 11.2. The first-order valence-corrected chi connectivity index (χ1v) is 11.6. The lowest BCUT2D eigenvalue weighted by Gasteiger charge is -2.56. The third-order valence-electron chi connectivity index (χ3n) is 8.95. The van der Waals surface area contributed by atoms with E-state index in [0.29, 0.717) is 28.6 Å². The van der Waals surface area contributed by atoms with Crippen LogP contribution < -0.4 is 0 Å². The molecule has 6 atom stereocenters. The van der Waals surface area contributed by atoms with Crippen molar-refractivity contribution in [1.29, 1.82) is 0 Å². The number of ketones is 1. The molecule has 0 bridgehead atoms. The molecule has 0 saturated heterocycles. The zero-order valence-electron chi connectivity index (χ0n) is 17.5. The number of Topliss-reactive ketones (excluding diaryl/α,β-unsaturated/α-hetero) is 1. The number of fused-ring (bicyclic) bond motifs is 5. The number of allylic oxidation sites excluding steroid dienone is 2. The Hall–Kier alpha value is -1.38. The van der Waals surface area contributed by atoms with Gasteiger partial charge in [0.2, 0.25) is 0 Å². The van der Waals surface area contributed by atoms with E-state index in [1.54, 1.807) is 0 Å². The van der Waals surface area contributed by atoms with Gasteiger partial charge in [-0.3, -0.25) is 4.79 Å². The number of carbonyl (C=O) groups is 1. The van der Waals surface area contributed by atoms with Crippen LogP contribution >= 0.6 is 11.6 Å². The van der Waals surface area contributed by atoms with Crippen molar-refractivity contribution in [3.05, 3.63) is 52.1 Å². The molecule has 3 fully saturated rings. The maximum atomic E-state index is 13.5. The largest absolute Gasteiger partial charge is 0.393 e. The van der Waals surface area contributed by atoms with Crippen molar-refractivity contribution in [3.63, 3.8) is 0 Å². The van der Waals surface area contributed by atoms with E-state index in [1.165, 1.54) is 5.57 Å². The average molecular weight is 411 g/mol. The van der Waals surface area contributed by atoms with Gasteiger partial charge >= 0.3 is 0 Å². The number of aliphatic hydroxyl groups excluding tert-OH is 1. The SMILES string of the molecule is C[C@]12CC[C@@H](O)CC1=CC[C@H]1[C@H]2CC[C@]2(C)C(=O)/C(=C/c3ccccc3Cl)C[C@H]12. The van der Waals surface area contributed by atoms with Crippen LogP contribution in [0.25, 0.3) is 6.08 Å². The van der Waals surface area contributed by atoms with Gasteiger partial charge in [0.05, 0.1) is 6.10 Å². The van der Waals surface area contributed by atoms with Gasteiger partial charge in [-0.1, -0.05) is 55.3 Å². The van der Waals surface area contributed by atoms with Crippen molar-refractivity contribution < 1.29 is 9.90 Å². The fourth-order valence-corrected chi connectivity index (χ4v) is 7.41. The summed E-state index contributed by atoms with van der Waals surface area (Å²) in [5.74, 6) is 1.98. The van der Waals surface area contributed by atoms with Gasteiger partial charge in [0.1, 0.15) is 0 Å². The van der Waals surface area contributed by atoms with Crippen LogP contribution in [-0.4, -0.2) is 17.0 Å². The van der Waals surface area contributed by atoms with Crippen molar-refractivity contribution in [3.8, 4) is 0 Å². The molecule has 0 spiro atoms. The van der Waals surface area contributed by atoms with E-state index in [4.69, 9.17) is 11.6 Å². The lowest BCUT2D eigenvalue weighted by molar-refractivity contribution is -0.130. The Bertz CT molecular complexity index is 915. The number of rotatable bonds is 1. The Balaban J connectivity index is 1.49. The molecule has 0 aliphatic heterocycles. The Kier molecular flexibility index (Phi) is 4.60. The molecule has 0 heterocycles. The second kappa shape index (κ2) is 6.82. The van der Waals surface area contributed by atoms with E-state index in [9.17, 15) is 9.90 Å². The number of halogens is 1. The number of hydrogen-bond acceptors (Lipinski definition) is 2. The third-order valence-corrected chi connectivity index (χ3v) is 9.30. The quantitative estimate of drug-likeness (QED) is 0.440. The number of benzene rings is 1. The van der Waals surface area contributed by atoms with Crippen LogP contribution in [-0.2, 0) is 4.79 Å². The van der Waals surface area contributed by atoms with Crippen LogP contribution in [0.1, 0.15) is 64.4 Å². The highest BCUT2D eigenvalue weighted by Gasteiger charge is 2.59. The van der Waals surface area contributed by atoms with E-state index in [0.717, 1.165) is 56.1 Å². The molecule has 2 nitrogen and oxygen atoms in total. The molecule has 3 saturated carbocycles. The fourth-order valence-electron chi connectivity index (χ4n) is 7.22. The summed E-state index contributed by atoms with van der Waals surface area (Å²) in [5.41, 5.74) is 3.38. The van der Waals surface area contributed by atoms with E-state index >= 15 is 0 Å². The monoisotopic (exact) mass is 410 g/mol. The molecule has 1 aromatic carbocycles. The predicted molar refractivity (Wildman–Crippen MR) is 118 cm³/mol. The summed E-state index contributed by atoms with van der Waals surface area (Å²) in [6.45, 7) is 4.65. The first kappa shape index (κ1) is 19.6. The molecule has 0 aromatic heterocycles. The second-order valence-corrected chi connectivity index (χ2v) is 10.7. The van der Waals surface area contributed by atoms with Gasteiger partial charge < -0.3 is 5.11 Å². The van der Waals surface area contributed by atoms with Gasteiger partial charge in [0.25, 0.3) is 0 Å². The Morgan fingerprint density at radius 3 is 2.62 bits per heavy atom. The molecular formula is C26H31ClO2. The number of hydrogen-bond donors (Lipinski definition) is 1. The minimum atomic E-state index is -0.232. The predicted octanol–water partition coefficient (Wildman–Crippen LogP) is 6.23. The minimum absolute atomic E-state index is 0.169. The summed E-state index contributed by atoms with van der Waals surface area (Å²) in [6, 6.07) is 7.80. The lowest BCUT2D eigenvalue weighted by atomic mass is 9.48. The van der Waals surface area contributed by atoms with E-state index in [2.05, 4.69) is 19.9 Å². The Morgan fingerprint density at radius 2 is 1.83 bits per heavy atom. The van der Waals surface area contributed by atoms with Crippen molar-refractivity contribution in [2.45, 2.75) is 64.9 Å². The molecule has 29 heavy (non-hydrogen) atoms. The van der Waals surface area contributed by atoms with Crippen LogP contribution in [0.2, 0.25) is 5.02 Å². The molecule has 154 valence electrons. The highest BCUT2D eigenvalue weighted by Crippen LogP contribution is 2.64. The van der Waals surface area contributed by atoms with Gasteiger partial charge in [0.15, 0.2) is 5.78 Å². The average Bonchev–Trinajstić information content (AvgIpc) is 2.95. The van der Waals surface area contributed by atoms with Crippen LogP contribution in [0, 0.1) is 28.6 Å². The lowest BCUT2D eigenvalue weighted by Crippen LogP contribution is -2.50. The van der Waals surface area contributed by atoms with Gasteiger partial charge in [0, 0.05) is 10.4 Å². The van der Waals surface area contributed by atoms with Gasteiger partial charge in [-0.2, -0.15) is 0 Å². The smallest absolute Gasteiger partial charge is 0.165 e. The summed E-state index contributed by atoms with van der Waals surface area (Å²) in [6.07, 6.45) is 11.2. The zero-order chi connectivity index (χ0) is 20.4. The van der Waals surface area contributed by atoms with Gasteiger partial charge in [-0.15, -0.1) is 0 Å². The second-order valence-electron chi connectivity index (χ2n) is 10.3. The molecule has 3 heteroatoms. The summed E-state index contributed by atoms with van der Waals surface area (Å²) in [5, 5.41) is 10.9. The van der Waals surface area contributed by atoms with Gasteiger partial charge in [-0.05, 0) is 91.4 Å². The number of carbonyl (C=O) groups excluding carboxylic acids is 1. The molecule has 1 N–H and O–H groups in total. The first-order chi connectivity index (χ1) is 13.8. The molecule has 0 radical (unpaired) electrons. The van der Waals surface area contributed by atoms with Crippen LogP contribution in [0.4, 0.5) is 0 Å². The maximum absolute atomic E-state index is 13.5. The highest BCUT2D eigenvalue weighted by atomic mass is 35.5. The van der Waals surface area contributed by atoms with Crippen LogP contribution in [0.5, 0.6) is 0 Å². The summed E-state index contributed by atoms with van der Waals surface area (Å²) in [7, 11) is 0. The topological polar surface area (TPSA) is 37.3 Å². The number of aliphatic hydroxyl groups is 1.